The minimum atomic E-state index is -4.21. The molecule has 0 spiro atoms. The number of benzene rings is 1. The molecule has 20 heavy (non-hydrogen) atoms. The molecule has 1 aromatic rings. The van der Waals surface area contributed by atoms with Crippen molar-refractivity contribution in [3.63, 3.8) is 0 Å². The highest BCUT2D eigenvalue weighted by Crippen LogP contribution is 2.35. The van der Waals surface area contributed by atoms with Crippen LogP contribution < -0.4 is 14.8 Å². The molecule has 1 heterocycles. The molecule has 0 bridgehead atoms. The van der Waals surface area contributed by atoms with Crippen LogP contribution in [0.15, 0.2) is 18.2 Å². The number of ether oxygens (including phenoxy) is 2. The third-order valence-electron chi connectivity index (χ3n) is 3.06. The van der Waals surface area contributed by atoms with Gasteiger partial charge in [-0.25, -0.2) is 0 Å². The third kappa shape index (κ3) is 4.03. The molecule has 1 unspecified atom stereocenters. The van der Waals surface area contributed by atoms with E-state index in [4.69, 9.17) is 9.47 Å². The van der Waals surface area contributed by atoms with Crippen LogP contribution in [-0.2, 0) is 0 Å². The van der Waals surface area contributed by atoms with Gasteiger partial charge in [0.1, 0.15) is 0 Å². The zero-order valence-electron chi connectivity index (χ0n) is 11.3. The Morgan fingerprint density at radius 1 is 1.20 bits per heavy atom. The van der Waals surface area contributed by atoms with Gasteiger partial charge in [0, 0.05) is 12.5 Å². The quantitative estimate of drug-likeness (QED) is 0.921. The minimum absolute atomic E-state index is 0.467. The van der Waals surface area contributed by atoms with Gasteiger partial charge in [-0.05, 0) is 24.2 Å². The van der Waals surface area contributed by atoms with Gasteiger partial charge in [0.15, 0.2) is 11.5 Å². The lowest BCUT2D eigenvalue weighted by atomic mass is 10.0. The van der Waals surface area contributed by atoms with E-state index in [1.54, 1.807) is 25.1 Å². The van der Waals surface area contributed by atoms with Gasteiger partial charge in [0.2, 0.25) is 0 Å². The fourth-order valence-corrected chi connectivity index (χ4v) is 2.18. The number of fused-ring (bicyclic) bond motifs is 1. The summed E-state index contributed by atoms with van der Waals surface area (Å²) in [6, 6.07) is 4.21. The summed E-state index contributed by atoms with van der Waals surface area (Å²) in [6.45, 7) is 3.33. The molecule has 0 saturated heterocycles. The van der Waals surface area contributed by atoms with Crippen LogP contribution in [0, 0.1) is 0 Å². The first-order chi connectivity index (χ1) is 9.49. The van der Waals surface area contributed by atoms with Crippen LogP contribution in [0.3, 0.4) is 0 Å². The molecular weight excluding hydrogens is 271 g/mol. The standard InChI is InChI=1S/C14H18F3NO2/c1-2-18-11(9-14(15,16)17)10-4-5-12-13(8-10)20-7-3-6-19-12/h4-5,8,11,18H,2-3,6-7,9H2,1H3. The normalized spacial score (nSPS) is 16.6. The van der Waals surface area contributed by atoms with E-state index in [2.05, 4.69) is 5.32 Å². The lowest BCUT2D eigenvalue weighted by Gasteiger charge is -2.21. The second kappa shape index (κ2) is 6.35. The predicted octanol–water partition coefficient (Wildman–Crippen LogP) is 3.45. The van der Waals surface area contributed by atoms with E-state index in [0.29, 0.717) is 36.8 Å². The van der Waals surface area contributed by atoms with Crippen LogP contribution in [0.2, 0.25) is 0 Å². The van der Waals surface area contributed by atoms with Crippen LogP contribution in [0.5, 0.6) is 11.5 Å². The molecule has 3 nitrogen and oxygen atoms in total. The number of nitrogens with one attached hydrogen (secondary N) is 1. The third-order valence-corrected chi connectivity index (χ3v) is 3.06. The molecule has 1 N–H and O–H groups in total. The zero-order valence-corrected chi connectivity index (χ0v) is 11.3. The molecule has 6 heteroatoms. The predicted molar refractivity (Wildman–Crippen MR) is 69.1 cm³/mol. The minimum Gasteiger partial charge on any atom is -0.490 e. The Morgan fingerprint density at radius 2 is 1.90 bits per heavy atom. The van der Waals surface area contributed by atoms with E-state index < -0.39 is 18.6 Å². The maximum atomic E-state index is 12.6. The smallest absolute Gasteiger partial charge is 0.390 e. The largest absolute Gasteiger partial charge is 0.490 e. The fraction of sp³-hybridized carbons (Fsp3) is 0.571. The van der Waals surface area contributed by atoms with E-state index in [1.807, 2.05) is 0 Å². The molecule has 2 rings (SSSR count). The summed E-state index contributed by atoms with van der Waals surface area (Å²) in [6.07, 6.45) is -4.35. The van der Waals surface area contributed by atoms with Crippen molar-refractivity contribution in [1.29, 1.82) is 0 Å². The van der Waals surface area contributed by atoms with Gasteiger partial charge in [-0.1, -0.05) is 13.0 Å². The van der Waals surface area contributed by atoms with Crippen molar-refractivity contribution in [3.05, 3.63) is 23.8 Å². The van der Waals surface area contributed by atoms with Crippen LogP contribution in [0.1, 0.15) is 31.4 Å². The maximum absolute atomic E-state index is 12.6. The van der Waals surface area contributed by atoms with Crippen molar-refractivity contribution in [2.75, 3.05) is 19.8 Å². The topological polar surface area (TPSA) is 30.5 Å². The summed E-state index contributed by atoms with van der Waals surface area (Å²) in [7, 11) is 0. The zero-order chi connectivity index (χ0) is 14.6. The van der Waals surface area contributed by atoms with Gasteiger partial charge in [-0.15, -0.1) is 0 Å². The Kier molecular flexibility index (Phi) is 4.75. The Labute approximate surface area is 116 Å². The van der Waals surface area contributed by atoms with E-state index in [9.17, 15) is 13.2 Å². The summed E-state index contributed by atoms with van der Waals surface area (Å²) in [5.74, 6) is 1.11. The lowest BCUT2D eigenvalue weighted by Crippen LogP contribution is -2.26. The molecule has 1 aromatic carbocycles. The van der Waals surface area contributed by atoms with Gasteiger partial charge < -0.3 is 14.8 Å². The van der Waals surface area contributed by atoms with E-state index in [1.165, 1.54) is 0 Å². The molecule has 112 valence electrons. The SMILES string of the molecule is CCNC(CC(F)(F)F)c1ccc2c(c1)OCCCO2. The van der Waals surface area contributed by atoms with Crippen LogP contribution >= 0.6 is 0 Å². The number of rotatable bonds is 4. The van der Waals surface area contributed by atoms with Gasteiger partial charge >= 0.3 is 6.18 Å². The van der Waals surface area contributed by atoms with Gasteiger partial charge in [0.25, 0.3) is 0 Å². The van der Waals surface area contributed by atoms with Crippen molar-refractivity contribution in [1.82, 2.24) is 5.32 Å². The second-order valence-corrected chi connectivity index (χ2v) is 4.69. The Bertz CT molecular complexity index is 449. The number of hydrogen-bond acceptors (Lipinski definition) is 3. The first-order valence-corrected chi connectivity index (χ1v) is 6.69. The number of hydrogen-bond donors (Lipinski definition) is 1. The molecule has 0 aliphatic carbocycles. The molecule has 1 atom stereocenters. The highest BCUT2D eigenvalue weighted by Gasteiger charge is 2.32. The van der Waals surface area contributed by atoms with E-state index in [0.717, 1.165) is 6.42 Å². The first-order valence-electron chi connectivity index (χ1n) is 6.69. The van der Waals surface area contributed by atoms with Crippen LogP contribution in [0.4, 0.5) is 13.2 Å². The van der Waals surface area contributed by atoms with Gasteiger partial charge in [-0.3, -0.25) is 0 Å². The number of halogens is 3. The molecule has 1 aliphatic rings. The van der Waals surface area contributed by atoms with Crippen molar-refractivity contribution >= 4 is 0 Å². The lowest BCUT2D eigenvalue weighted by molar-refractivity contribution is -0.140. The van der Waals surface area contributed by atoms with Gasteiger partial charge in [-0.2, -0.15) is 13.2 Å². The summed E-state index contributed by atoms with van der Waals surface area (Å²) in [4.78, 5) is 0. The Morgan fingerprint density at radius 3 is 2.55 bits per heavy atom. The molecule has 0 radical (unpaired) electrons. The van der Waals surface area contributed by atoms with Crippen molar-refractivity contribution in [2.24, 2.45) is 0 Å². The summed E-state index contributed by atoms with van der Waals surface area (Å²) in [5.41, 5.74) is 0.563. The van der Waals surface area contributed by atoms with Crippen LogP contribution in [-0.4, -0.2) is 25.9 Å². The van der Waals surface area contributed by atoms with Crippen LogP contribution in [0.25, 0.3) is 0 Å². The molecular formula is C14H18F3NO2. The highest BCUT2D eigenvalue weighted by molar-refractivity contribution is 5.44. The average Bonchev–Trinajstić information content (AvgIpc) is 2.61. The molecule has 0 amide bonds. The van der Waals surface area contributed by atoms with Crippen molar-refractivity contribution in [3.8, 4) is 11.5 Å². The van der Waals surface area contributed by atoms with Crippen molar-refractivity contribution in [2.45, 2.75) is 32.0 Å². The number of alkyl halides is 3. The average molecular weight is 289 g/mol. The monoisotopic (exact) mass is 289 g/mol. The molecule has 0 saturated carbocycles. The summed E-state index contributed by atoms with van der Waals surface area (Å²) in [5, 5.41) is 2.86. The van der Waals surface area contributed by atoms with Gasteiger partial charge in [0.05, 0.1) is 19.6 Å². The van der Waals surface area contributed by atoms with E-state index >= 15 is 0 Å². The maximum Gasteiger partial charge on any atom is 0.390 e. The van der Waals surface area contributed by atoms with E-state index in [-0.39, 0.29) is 0 Å². The summed E-state index contributed by atoms with van der Waals surface area (Å²) < 4.78 is 48.9. The molecule has 0 fully saturated rings. The Hall–Kier alpha value is -1.43. The first kappa shape index (κ1) is 15.0. The fourth-order valence-electron chi connectivity index (χ4n) is 2.18. The highest BCUT2D eigenvalue weighted by atomic mass is 19.4. The molecule has 0 aromatic heterocycles. The summed E-state index contributed by atoms with van der Waals surface area (Å²) >= 11 is 0. The Balaban J connectivity index is 2.22. The second-order valence-electron chi connectivity index (χ2n) is 4.69. The molecule has 1 aliphatic heterocycles. The van der Waals surface area contributed by atoms with Crippen molar-refractivity contribution < 1.29 is 22.6 Å².